The summed E-state index contributed by atoms with van der Waals surface area (Å²) in [5.74, 6) is 1.17. The van der Waals surface area contributed by atoms with Crippen LogP contribution in [0.5, 0.6) is 0 Å². The van der Waals surface area contributed by atoms with Gasteiger partial charge in [-0.15, -0.1) is 11.8 Å². The van der Waals surface area contributed by atoms with Crippen LogP contribution in [0.3, 0.4) is 0 Å². The zero-order valence-corrected chi connectivity index (χ0v) is 14.0. The van der Waals surface area contributed by atoms with Gasteiger partial charge >= 0.3 is 0 Å². The van der Waals surface area contributed by atoms with Crippen molar-refractivity contribution < 1.29 is 4.79 Å². The van der Waals surface area contributed by atoms with Crippen molar-refractivity contribution in [3.05, 3.63) is 64.1 Å². The first-order valence-electron chi connectivity index (χ1n) is 6.58. The van der Waals surface area contributed by atoms with Gasteiger partial charge in [0, 0.05) is 14.9 Å². The second kappa shape index (κ2) is 7.09. The SMILES string of the molecule is CC(C)c1ccc(SCC(=O)c2cccc(Br)c2)cc1. The van der Waals surface area contributed by atoms with Gasteiger partial charge in [0.1, 0.15) is 0 Å². The molecule has 0 atom stereocenters. The number of ketones is 1. The van der Waals surface area contributed by atoms with Crippen molar-refractivity contribution in [2.45, 2.75) is 24.7 Å². The zero-order chi connectivity index (χ0) is 14.5. The molecule has 104 valence electrons. The van der Waals surface area contributed by atoms with Gasteiger partial charge in [-0.3, -0.25) is 4.79 Å². The second-order valence-electron chi connectivity index (χ2n) is 4.95. The maximum atomic E-state index is 12.1. The number of Topliss-reactive ketones (excluding diaryl/α,β-unsaturated/α-hetero) is 1. The number of thioether (sulfide) groups is 1. The van der Waals surface area contributed by atoms with Gasteiger partial charge in [0.25, 0.3) is 0 Å². The molecule has 0 bridgehead atoms. The van der Waals surface area contributed by atoms with Gasteiger partial charge in [-0.2, -0.15) is 0 Å². The summed E-state index contributed by atoms with van der Waals surface area (Å²) >= 11 is 4.97. The fraction of sp³-hybridized carbons (Fsp3) is 0.235. The van der Waals surface area contributed by atoms with Crippen LogP contribution in [0.15, 0.2) is 57.9 Å². The van der Waals surface area contributed by atoms with E-state index in [4.69, 9.17) is 0 Å². The number of rotatable bonds is 5. The third-order valence-corrected chi connectivity index (χ3v) is 4.57. The van der Waals surface area contributed by atoms with Crippen molar-refractivity contribution in [2.75, 3.05) is 5.75 Å². The largest absolute Gasteiger partial charge is 0.293 e. The molecule has 0 unspecified atom stereocenters. The molecule has 0 heterocycles. The number of carbonyl (C=O) groups excluding carboxylic acids is 1. The molecule has 0 N–H and O–H groups in total. The molecule has 3 heteroatoms. The van der Waals surface area contributed by atoms with Crippen LogP contribution in [-0.4, -0.2) is 11.5 Å². The molecule has 0 aliphatic carbocycles. The lowest BCUT2D eigenvalue weighted by molar-refractivity contribution is 0.102. The molecule has 2 aromatic carbocycles. The molecule has 0 radical (unpaired) electrons. The summed E-state index contributed by atoms with van der Waals surface area (Å²) < 4.78 is 0.939. The Morgan fingerprint density at radius 3 is 2.45 bits per heavy atom. The number of hydrogen-bond donors (Lipinski definition) is 0. The summed E-state index contributed by atoms with van der Waals surface area (Å²) in [5.41, 5.74) is 2.08. The Kier molecular flexibility index (Phi) is 5.44. The molecule has 0 aliphatic heterocycles. The van der Waals surface area contributed by atoms with Gasteiger partial charge in [-0.05, 0) is 35.7 Å². The molecule has 0 aliphatic rings. The van der Waals surface area contributed by atoms with E-state index in [2.05, 4.69) is 54.0 Å². The first-order valence-corrected chi connectivity index (χ1v) is 8.35. The van der Waals surface area contributed by atoms with Crippen LogP contribution < -0.4 is 0 Å². The molecule has 2 rings (SSSR count). The quantitative estimate of drug-likeness (QED) is 0.520. The highest BCUT2D eigenvalue weighted by molar-refractivity contribution is 9.10. The fourth-order valence-electron chi connectivity index (χ4n) is 1.84. The van der Waals surface area contributed by atoms with Crippen molar-refractivity contribution in [1.82, 2.24) is 0 Å². The molecule has 0 saturated carbocycles. The first kappa shape index (κ1) is 15.3. The maximum Gasteiger partial charge on any atom is 0.173 e. The summed E-state index contributed by atoms with van der Waals surface area (Å²) in [4.78, 5) is 13.2. The van der Waals surface area contributed by atoms with E-state index in [0.717, 1.165) is 14.9 Å². The lowest BCUT2D eigenvalue weighted by Crippen LogP contribution is -2.02. The fourth-order valence-corrected chi connectivity index (χ4v) is 3.04. The average molecular weight is 349 g/mol. The van der Waals surface area contributed by atoms with E-state index in [-0.39, 0.29) is 5.78 Å². The van der Waals surface area contributed by atoms with E-state index >= 15 is 0 Å². The van der Waals surface area contributed by atoms with Gasteiger partial charge in [0.05, 0.1) is 5.75 Å². The molecule has 0 amide bonds. The molecular weight excluding hydrogens is 332 g/mol. The highest BCUT2D eigenvalue weighted by atomic mass is 79.9. The van der Waals surface area contributed by atoms with Gasteiger partial charge in [0.15, 0.2) is 5.78 Å². The Bertz CT molecular complexity index is 590. The number of carbonyl (C=O) groups is 1. The van der Waals surface area contributed by atoms with Crippen LogP contribution >= 0.6 is 27.7 Å². The highest BCUT2D eigenvalue weighted by Crippen LogP contribution is 2.23. The highest BCUT2D eigenvalue weighted by Gasteiger charge is 2.07. The van der Waals surface area contributed by atoms with E-state index in [9.17, 15) is 4.79 Å². The minimum atomic E-state index is 0.157. The Balaban J connectivity index is 1.96. The number of benzene rings is 2. The summed E-state index contributed by atoms with van der Waals surface area (Å²) in [7, 11) is 0. The van der Waals surface area contributed by atoms with Crippen LogP contribution in [0, 0.1) is 0 Å². The smallest absolute Gasteiger partial charge is 0.173 e. The topological polar surface area (TPSA) is 17.1 Å². The van der Waals surface area contributed by atoms with E-state index in [1.807, 2.05) is 24.3 Å². The third-order valence-electron chi connectivity index (χ3n) is 3.06. The van der Waals surface area contributed by atoms with Crippen molar-refractivity contribution >= 4 is 33.5 Å². The zero-order valence-electron chi connectivity index (χ0n) is 11.6. The monoisotopic (exact) mass is 348 g/mol. The predicted octanol–water partition coefficient (Wildman–Crippen LogP) is 5.55. The summed E-state index contributed by atoms with van der Waals surface area (Å²) in [5, 5.41) is 0. The van der Waals surface area contributed by atoms with Gasteiger partial charge < -0.3 is 0 Å². The minimum Gasteiger partial charge on any atom is -0.293 e. The normalized spacial score (nSPS) is 10.8. The van der Waals surface area contributed by atoms with Crippen molar-refractivity contribution in [3.63, 3.8) is 0 Å². The average Bonchev–Trinajstić information content (AvgIpc) is 2.45. The molecular formula is C17H17BrOS. The van der Waals surface area contributed by atoms with E-state index in [1.54, 1.807) is 11.8 Å². The number of halogens is 1. The predicted molar refractivity (Wildman–Crippen MR) is 89.7 cm³/mol. The third kappa shape index (κ3) is 4.22. The first-order chi connectivity index (χ1) is 9.56. The van der Waals surface area contributed by atoms with E-state index in [1.165, 1.54) is 5.56 Å². The lowest BCUT2D eigenvalue weighted by atomic mass is 10.0. The van der Waals surface area contributed by atoms with Crippen LogP contribution in [0.2, 0.25) is 0 Å². The molecule has 0 saturated heterocycles. The van der Waals surface area contributed by atoms with Crippen molar-refractivity contribution in [1.29, 1.82) is 0 Å². The van der Waals surface area contributed by atoms with Crippen LogP contribution in [-0.2, 0) is 0 Å². The summed E-state index contributed by atoms with van der Waals surface area (Å²) in [6.07, 6.45) is 0. The Labute approximate surface area is 132 Å². The lowest BCUT2D eigenvalue weighted by Gasteiger charge is -2.06. The van der Waals surface area contributed by atoms with E-state index < -0.39 is 0 Å². The number of hydrogen-bond acceptors (Lipinski definition) is 2. The van der Waals surface area contributed by atoms with Gasteiger partial charge in [-0.1, -0.05) is 54.0 Å². The summed E-state index contributed by atoms with van der Waals surface area (Å²) in [6, 6.07) is 16.0. The van der Waals surface area contributed by atoms with E-state index in [0.29, 0.717) is 11.7 Å². The van der Waals surface area contributed by atoms with Crippen molar-refractivity contribution in [2.24, 2.45) is 0 Å². The molecule has 1 nitrogen and oxygen atoms in total. The molecule has 20 heavy (non-hydrogen) atoms. The van der Waals surface area contributed by atoms with Gasteiger partial charge in [0.2, 0.25) is 0 Å². The minimum absolute atomic E-state index is 0.157. The van der Waals surface area contributed by atoms with Crippen LogP contribution in [0.25, 0.3) is 0 Å². The maximum absolute atomic E-state index is 12.1. The van der Waals surface area contributed by atoms with Crippen LogP contribution in [0.1, 0.15) is 35.7 Å². The Hall–Kier alpha value is -1.06. The molecule has 0 spiro atoms. The Morgan fingerprint density at radius 1 is 1.15 bits per heavy atom. The molecule has 0 fully saturated rings. The second-order valence-corrected chi connectivity index (χ2v) is 6.91. The van der Waals surface area contributed by atoms with Crippen molar-refractivity contribution in [3.8, 4) is 0 Å². The Morgan fingerprint density at radius 2 is 1.85 bits per heavy atom. The standard InChI is InChI=1S/C17H17BrOS/c1-12(2)13-6-8-16(9-7-13)20-11-17(19)14-4-3-5-15(18)10-14/h3-10,12H,11H2,1-2H3. The molecule has 0 aromatic heterocycles. The molecule has 2 aromatic rings. The van der Waals surface area contributed by atoms with Crippen LogP contribution in [0.4, 0.5) is 0 Å². The summed E-state index contributed by atoms with van der Waals surface area (Å²) in [6.45, 7) is 4.36. The van der Waals surface area contributed by atoms with Gasteiger partial charge in [-0.25, -0.2) is 0 Å².